The first-order valence-electron chi connectivity index (χ1n) is 12.2. The molecule has 0 unspecified atom stereocenters. The van der Waals surface area contributed by atoms with Crippen molar-refractivity contribution in [1.82, 2.24) is 15.3 Å². The van der Waals surface area contributed by atoms with E-state index in [1.54, 1.807) is 24.3 Å². The van der Waals surface area contributed by atoms with Gasteiger partial charge < -0.3 is 20.3 Å². The predicted octanol–water partition coefficient (Wildman–Crippen LogP) is 5.11. The van der Waals surface area contributed by atoms with Crippen LogP contribution in [0.1, 0.15) is 43.7 Å². The van der Waals surface area contributed by atoms with Crippen LogP contribution in [0.4, 0.5) is 26.1 Å². The van der Waals surface area contributed by atoms with Gasteiger partial charge in [-0.1, -0.05) is 6.07 Å². The molecule has 0 atom stereocenters. The van der Waals surface area contributed by atoms with Gasteiger partial charge in [-0.3, -0.25) is 0 Å². The number of nitrogens with one attached hydrogen (secondary N) is 2. The van der Waals surface area contributed by atoms with Crippen LogP contribution in [0.3, 0.4) is 0 Å². The number of nitrogens with zero attached hydrogens (tertiary/aromatic N) is 4. The fourth-order valence-corrected chi connectivity index (χ4v) is 4.93. The normalized spacial score (nSPS) is 15.8. The van der Waals surface area contributed by atoms with E-state index < -0.39 is 5.82 Å². The second-order valence-corrected chi connectivity index (χ2v) is 9.40. The predicted molar refractivity (Wildman–Crippen MR) is 135 cm³/mol. The first kappa shape index (κ1) is 23.9. The lowest BCUT2D eigenvalue weighted by Crippen LogP contribution is -2.38. The van der Waals surface area contributed by atoms with Crippen molar-refractivity contribution < 1.29 is 13.5 Å². The van der Waals surface area contributed by atoms with Crippen molar-refractivity contribution in [3.63, 3.8) is 0 Å². The minimum absolute atomic E-state index is 0.0490. The molecule has 1 fully saturated rings. The minimum Gasteiger partial charge on any atom is -0.488 e. The molecule has 2 aliphatic rings. The number of hydrogen-bond donors (Lipinski definition) is 2. The monoisotopic (exact) mass is 490 g/mol. The van der Waals surface area contributed by atoms with Gasteiger partial charge in [-0.15, -0.1) is 0 Å². The van der Waals surface area contributed by atoms with E-state index in [4.69, 9.17) is 4.74 Å². The van der Waals surface area contributed by atoms with Crippen molar-refractivity contribution in [3.05, 3.63) is 59.3 Å². The molecule has 3 heterocycles. The van der Waals surface area contributed by atoms with Gasteiger partial charge in [0.25, 0.3) is 0 Å². The molecule has 9 heteroatoms. The van der Waals surface area contributed by atoms with Crippen molar-refractivity contribution in [2.45, 2.75) is 38.6 Å². The number of hydrogen-bond acceptors (Lipinski definition) is 7. The van der Waals surface area contributed by atoms with Gasteiger partial charge in [-0.2, -0.15) is 5.26 Å². The number of benzene rings is 2. The summed E-state index contributed by atoms with van der Waals surface area (Å²) in [6, 6.07) is 10.7. The Bertz CT molecular complexity index is 1320. The Balaban J connectivity index is 1.46. The Hall–Kier alpha value is -3.77. The van der Waals surface area contributed by atoms with E-state index in [0.29, 0.717) is 41.3 Å². The number of rotatable bonds is 5. The Morgan fingerprint density at radius 1 is 1.17 bits per heavy atom. The molecular formula is C27H28F2N6O. The van der Waals surface area contributed by atoms with E-state index in [1.807, 2.05) is 0 Å². The van der Waals surface area contributed by atoms with Gasteiger partial charge >= 0.3 is 0 Å². The third kappa shape index (κ3) is 4.69. The van der Waals surface area contributed by atoms with Crippen LogP contribution in [0.2, 0.25) is 0 Å². The fourth-order valence-electron chi connectivity index (χ4n) is 4.93. The molecular weight excluding hydrogens is 462 g/mol. The number of piperidine rings is 1. The lowest BCUT2D eigenvalue weighted by molar-refractivity contribution is 0.302. The van der Waals surface area contributed by atoms with Gasteiger partial charge in [-0.05, 0) is 75.5 Å². The van der Waals surface area contributed by atoms with Gasteiger partial charge in [0.05, 0.1) is 24.0 Å². The third-order valence-corrected chi connectivity index (χ3v) is 6.75. The maximum Gasteiger partial charge on any atom is 0.227 e. The highest BCUT2D eigenvalue weighted by molar-refractivity contribution is 5.76. The van der Waals surface area contributed by atoms with E-state index in [1.165, 1.54) is 6.07 Å². The number of ether oxygens (including phenoxy) is 1. The van der Waals surface area contributed by atoms with E-state index >= 15 is 0 Å². The van der Waals surface area contributed by atoms with Crippen molar-refractivity contribution in [1.29, 1.82) is 5.26 Å². The minimum atomic E-state index is -0.621. The summed E-state index contributed by atoms with van der Waals surface area (Å²) in [7, 11) is 0. The molecule has 0 aliphatic carbocycles. The molecule has 3 aromatic rings. The molecule has 0 amide bonds. The third-order valence-electron chi connectivity index (χ3n) is 6.75. The number of nitriles is 1. The maximum absolute atomic E-state index is 14.9. The second-order valence-electron chi connectivity index (χ2n) is 9.40. The molecule has 5 rings (SSSR count). The molecule has 186 valence electrons. The number of anilines is 3. The van der Waals surface area contributed by atoms with E-state index in [2.05, 4.69) is 45.4 Å². The van der Waals surface area contributed by atoms with E-state index in [9.17, 15) is 14.0 Å². The summed E-state index contributed by atoms with van der Waals surface area (Å²) >= 11 is 0. The zero-order valence-corrected chi connectivity index (χ0v) is 20.3. The Morgan fingerprint density at radius 3 is 2.69 bits per heavy atom. The van der Waals surface area contributed by atoms with Crippen LogP contribution >= 0.6 is 0 Å². The maximum atomic E-state index is 14.9. The number of halogens is 2. The van der Waals surface area contributed by atoms with Crippen LogP contribution in [0, 0.1) is 23.0 Å². The lowest BCUT2D eigenvalue weighted by Gasteiger charge is -2.35. The lowest BCUT2D eigenvalue weighted by atomic mass is 9.90. The Labute approximate surface area is 209 Å². The summed E-state index contributed by atoms with van der Waals surface area (Å²) in [6.07, 6.45) is 2.88. The Kier molecular flexibility index (Phi) is 6.70. The largest absolute Gasteiger partial charge is 0.488 e. The van der Waals surface area contributed by atoms with Crippen LogP contribution in [0.25, 0.3) is 11.3 Å². The zero-order valence-electron chi connectivity index (χ0n) is 20.3. The number of fused-ring (bicyclic) bond motifs is 1. The second kappa shape index (κ2) is 10.1. The standard InChI is InChI=1S/C27H28F2N6O/c1-16(2)35-9-10-36-26-19(14-30)11-18(12-24(26)35)25-23(29)15-32-27(34-25)33-20-3-4-21(22(28)13-20)17-5-7-31-8-6-17/h3-4,11-13,15-17,31H,5-10H2,1-2H3,(H,32,33,34). The Morgan fingerprint density at radius 2 is 1.97 bits per heavy atom. The average Bonchev–Trinajstić information content (AvgIpc) is 2.89. The molecule has 2 aromatic carbocycles. The summed E-state index contributed by atoms with van der Waals surface area (Å²) in [5, 5.41) is 16.0. The summed E-state index contributed by atoms with van der Waals surface area (Å²) < 4.78 is 35.6. The highest BCUT2D eigenvalue weighted by Gasteiger charge is 2.26. The van der Waals surface area contributed by atoms with Crippen LogP contribution in [-0.2, 0) is 0 Å². The number of aromatic nitrogens is 2. The molecule has 1 aromatic heterocycles. The molecule has 0 bridgehead atoms. The SMILES string of the molecule is CC(C)N1CCOc2c(C#N)cc(-c3nc(Nc4ccc(C5CCNCC5)c(F)c4)ncc3F)cc21. The smallest absolute Gasteiger partial charge is 0.227 e. The van der Waals surface area contributed by atoms with Crippen molar-refractivity contribution in [3.8, 4) is 23.1 Å². The van der Waals surface area contributed by atoms with Gasteiger partial charge in [0.1, 0.15) is 24.2 Å². The molecule has 0 radical (unpaired) electrons. The van der Waals surface area contributed by atoms with Crippen LogP contribution in [-0.4, -0.2) is 42.3 Å². The van der Waals surface area contributed by atoms with E-state index in [-0.39, 0.29) is 29.4 Å². The van der Waals surface area contributed by atoms with E-state index in [0.717, 1.165) is 37.8 Å². The van der Waals surface area contributed by atoms with Crippen molar-refractivity contribution >= 4 is 17.3 Å². The van der Waals surface area contributed by atoms with Crippen LogP contribution in [0.5, 0.6) is 5.75 Å². The molecule has 0 spiro atoms. The van der Waals surface area contributed by atoms with Gasteiger partial charge in [0, 0.05) is 17.3 Å². The molecule has 36 heavy (non-hydrogen) atoms. The molecule has 2 N–H and O–H groups in total. The topological polar surface area (TPSA) is 86.1 Å². The van der Waals surface area contributed by atoms with Crippen LogP contribution < -0.4 is 20.3 Å². The summed E-state index contributed by atoms with van der Waals surface area (Å²) in [5.74, 6) is -0.0744. The van der Waals surface area contributed by atoms with Crippen molar-refractivity contribution in [2.24, 2.45) is 0 Å². The van der Waals surface area contributed by atoms with Crippen LogP contribution in [0.15, 0.2) is 36.5 Å². The zero-order chi connectivity index (χ0) is 25.2. The first-order chi connectivity index (χ1) is 17.4. The van der Waals surface area contributed by atoms with Gasteiger partial charge in [-0.25, -0.2) is 18.7 Å². The molecule has 2 aliphatic heterocycles. The van der Waals surface area contributed by atoms with Gasteiger partial charge in [0.2, 0.25) is 5.95 Å². The summed E-state index contributed by atoms with van der Waals surface area (Å²) in [6.45, 7) is 7.01. The molecule has 1 saturated heterocycles. The highest BCUT2D eigenvalue weighted by atomic mass is 19.1. The van der Waals surface area contributed by atoms with Gasteiger partial charge in [0.15, 0.2) is 11.6 Å². The quantitative estimate of drug-likeness (QED) is 0.514. The molecule has 7 nitrogen and oxygen atoms in total. The van der Waals surface area contributed by atoms with Crippen molar-refractivity contribution in [2.75, 3.05) is 36.5 Å². The first-order valence-corrected chi connectivity index (χ1v) is 12.2. The fraction of sp³-hybridized carbons (Fsp3) is 0.370. The average molecular weight is 491 g/mol. The molecule has 0 saturated carbocycles. The summed E-state index contributed by atoms with van der Waals surface area (Å²) in [4.78, 5) is 10.5. The highest BCUT2D eigenvalue weighted by Crippen LogP contribution is 2.40. The summed E-state index contributed by atoms with van der Waals surface area (Å²) in [5.41, 5.74) is 2.72.